The summed E-state index contributed by atoms with van der Waals surface area (Å²) in [6.07, 6.45) is 0.629. The van der Waals surface area contributed by atoms with Crippen LogP contribution in [0.4, 0.5) is 5.69 Å². The number of halogens is 1. The van der Waals surface area contributed by atoms with Gasteiger partial charge in [0.25, 0.3) is 11.6 Å². The van der Waals surface area contributed by atoms with Gasteiger partial charge in [-0.2, -0.15) is 0 Å². The molecule has 24 heavy (non-hydrogen) atoms. The summed E-state index contributed by atoms with van der Waals surface area (Å²) in [4.78, 5) is 22.1. The van der Waals surface area contributed by atoms with Crippen molar-refractivity contribution < 1.29 is 14.5 Å². The van der Waals surface area contributed by atoms with Crippen molar-refractivity contribution in [3.8, 4) is 5.75 Å². The predicted molar refractivity (Wildman–Crippen MR) is 91.7 cm³/mol. The fraction of sp³-hybridized carbons (Fsp3) is 0.235. The number of nitrogens with one attached hydrogen (secondary N) is 1. The largest absolute Gasteiger partial charge is 0.494 e. The van der Waals surface area contributed by atoms with Crippen LogP contribution in [0.3, 0.4) is 0 Å². The molecule has 0 aliphatic carbocycles. The number of nitrogens with zero attached hydrogens (tertiary/aromatic N) is 1. The lowest BCUT2D eigenvalue weighted by atomic mass is 10.2. The molecule has 0 saturated heterocycles. The Hall–Kier alpha value is -2.60. The molecule has 1 N–H and O–H groups in total. The Labute approximate surface area is 144 Å². The molecule has 0 aliphatic heterocycles. The molecular weight excluding hydrogens is 332 g/mol. The van der Waals surface area contributed by atoms with Crippen molar-refractivity contribution >= 4 is 23.2 Å². The molecule has 0 aliphatic rings. The molecule has 0 aromatic heterocycles. The van der Waals surface area contributed by atoms with E-state index in [2.05, 4.69) is 5.32 Å². The third-order valence-corrected chi connectivity index (χ3v) is 3.59. The van der Waals surface area contributed by atoms with Crippen LogP contribution in [0.15, 0.2) is 42.5 Å². The van der Waals surface area contributed by atoms with Crippen molar-refractivity contribution in [3.05, 3.63) is 68.7 Å². The van der Waals surface area contributed by atoms with Gasteiger partial charge >= 0.3 is 0 Å². The maximum Gasteiger partial charge on any atom is 0.270 e. The quantitative estimate of drug-likeness (QED) is 0.469. The van der Waals surface area contributed by atoms with Gasteiger partial charge in [0.05, 0.1) is 22.1 Å². The van der Waals surface area contributed by atoms with E-state index in [4.69, 9.17) is 16.3 Å². The SMILES string of the molecule is Cc1cccc(OCCCNC(=O)c2ccc([N+](=O)[O-])cc2Cl)c1. The molecule has 0 unspecified atom stereocenters. The van der Waals surface area contributed by atoms with Gasteiger partial charge < -0.3 is 10.1 Å². The second-order valence-corrected chi connectivity index (χ2v) is 5.60. The fourth-order valence-electron chi connectivity index (χ4n) is 2.07. The van der Waals surface area contributed by atoms with Gasteiger partial charge in [0.2, 0.25) is 0 Å². The molecule has 1 amide bonds. The Morgan fingerprint density at radius 1 is 1.29 bits per heavy atom. The molecule has 0 bridgehead atoms. The van der Waals surface area contributed by atoms with E-state index in [1.807, 2.05) is 31.2 Å². The zero-order chi connectivity index (χ0) is 17.5. The number of aryl methyl sites for hydroxylation is 1. The van der Waals surface area contributed by atoms with Crippen LogP contribution in [-0.4, -0.2) is 24.0 Å². The highest BCUT2D eigenvalue weighted by Gasteiger charge is 2.14. The van der Waals surface area contributed by atoms with Crippen LogP contribution in [0.5, 0.6) is 5.75 Å². The minimum atomic E-state index is -0.559. The standard InChI is InChI=1S/C17H17ClN2O4/c1-12-4-2-5-14(10-12)24-9-3-8-19-17(21)15-7-6-13(20(22)23)11-16(15)18/h2,4-7,10-11H,3,8-9H2,1H3,(H,19,21). The molecule has 0 spiro atoms. The second kappa shape index (κ2) is 8.31. The number of hydrogen-bond acceptors (Lipinski definition) is 4. The Morgan fingerprint density at radius 2 is 2.08 bits per heavy atom. The van der Waals surface area contributed by atoms with Crippen LogP contribution in [0, 0.1) is 17.0 Å². The predicted octanol–water partition coefficient (Wildman–Crippen LogP) is 3.76. The van der Waals surface area contributed by atoms with Gasteiger partial charge in [-0.3, -0.25) is 14.9 Å². The van der Waals surface area contributed by atoms with Gasteiger partial charge in [0.1, 0.15) is 5.75 Å². The fourth-order valence-corrected chi connectivity index (χ4v) is 2.33. The highest BCUT2D eigenvalue weighted by Crippen LogP contribution is 2.22. The molecule has 0 radical (unpaired) electrons. The first kappa shape index (κ1) is 17.7. The maximum absolute atomic E-state index is 12.0. The van der Waals surface area contributed by atoms with E-state index in [0.29, 0.717) is 19.6 Å². The van der Waals surface area contributed by atoms with E-state index in [0.717, 1.165) is 17.4 Å². The lowest BCUT2D eigenvalue weighted by molar-refractivity contribution is -0.384. The number of hydrogen-bond donors (Lipinski definition) is 1. The van der Waals surface area contributed by atoms with Gasteiger partial charge in [0.15, 0.2) is 0 Å². The zero-order valence-electron chi connectivity index (χ0n) is 13.1. The number of carbonyl (C=O) groups is 1. The Bertz CT molecular complexity index is 749. The van der Waals surface area contributed by atoms with E-state index >= 15 is 0 Å². The summed E-state index contributed by atoms with van der Waals surface area (Å²) in [5.74, 6) is 0.421. The zero-order valence-corrected chi connectivity index (χ0v) is 13.9. The third-order valence-electron chi connectivity index (χ3n) is 3.27. The van der Waals surface area contributed by atoms with Crippen LogP contribution in [0.25, 0.3) is 0 Å². The molecule has 126 valence electrons. The number of nitro benzene ring substituents is 1. The van der Waals surface area contributed by atoms with Gasteiger partial charge in [-0.15, -0.1) is 0 Å². The van der Waals surface area contributed by atoms with Crippen molar-refractivity contribution in [3.63, 3.8) is 0 Å². The topological polar surface area (TPSA) is 81.5 Å². The molecule has 0 atom stereocenters. The molecule has 7 heteroatoms. The average Bonchev–Trinajstić information content (AvgIpc) is 2.54. The average molecular weight is 349 g/mol. The molecule has 2 rings (SSSR count). The van der Waals surface area contributed by atoms with Gasteiger partial charge in [-0.25, -0.2) is 0 Å². The molecule has 2 aromatic carbocycles. The Balaban J connectivity index is 1.78. The van der Waals surface area contributed by atoms with Crippen molar-refractivity contribution in [1.82, 2.24) is 5.32 Å². The van der Waals surface area contributed by atoms with Crippen molar-refractivity contribution in [2.24, 2.45) is 0 Å². The lowest BCUT2D eigenvalue weighted by Gasteiger charge is -2.08. The van der Waals surface area contributed by atoms with Crippen LogP contribution in [0.2, 0.25) is 5.02 Å². The van der Waals surface area contributed by atoms with Gasteiger partial charge in [0, 0.05) is 18.7 Å². The number of amides is 1. The van der Waals surface area contributed by atoms with Gasteiger partial charge in [-0.05, 0) is 37.1 Å². The number of carbonyl (C=O) groups excluding carboxylic acids is 1. The summed E-state index contributed by atoms with van der Waals surface area (Å²) >= 11 is 5.91. The normalized spacial score (nSPS) is 10.2. The summed E-state index contributed by atoms with van der Waals surface area (Å²) < 4.78 is 5.59. The first-order chi connectivity index (χ1) is 11.5. The highest BCUT2D eigenvalue weighted by molar-refractivity contribution is 6.34. The number of rotatable bonds is 7. The Kier molecular flexibility index (Phi) is 6.14. The lowest BCUT2D eigenvalue weighted by Crippen LogP contribution is -2.25. The highest BCUT2D eigenvalue weighted by atomic mass is 35.5. The van der Waals surface area contributed by atoms with Gasteiger partial charge in [-0.1, -0.05) is 23.7 Å². The van der Waals surface area contributed by atoms with Crippen LogP contribution in [0.1, 0.15) is 22.3 Å². The van der Waals surface area contributed by atoms with Crippen molar-refractivity contribution in [2.75, 3.05) is 13.2 Å². The smallest absolute Gasteiger partial charge is 0.270 e. The summed E-state index contributed by atoms with van der Waals surface area (Å²) in [6, 6.07) is 11.5. The number of non-ortho nitro benzene ring substituents is 1. The molecule has 6 nitrogen and oxygen atoms in total. The molecule has 0 fully saturated rings. The molecule has 2 aromatic rings. The number of ether oxygens (including phenoxy) is 1. The number of benzene rings is 2. The van der Waals surface area contributed by atoms with Crippen molar-refractivity contribution in [2.45, 2.75) is 13.3 Å². The third kappa shape index (κ3) is 4.96. The van der Waals surface area contributed by atoms with Crippen LogP contribution < -0.4 is 10.1 Å². The monoisotopic (exact) mass is 348 g/mol. The Morgan fingerprint density at radius 3 is 2.75 bits per heavy atom. The van der Waals surface area contributed by atoms with E-state index in [1.165, 1.54) is 12.1 Å². The van der Waals surface area contributed by atoms with Crippen molar-refractivity contribution in [1.29, 1.82) is 0 Å². The van der Waals surface area contributed by atoms with Crippen LogP contribution in [-0.2, 0) is 0 Å². The summed E-state index contributed by atoms with van der Waals surface area (Å²) in [5, 5.41) is 13.4. The van der Waals surface area contributed by atoms with Crippen LogP contribution >= 0.6 is 11.6 Å². The first-order valence-corrected chi connectivity index (χ1v) is 7.77. The van der Waals surface area contributed by atoms with E-state index < -0.39 is 4.92 Å². The summed E-state index contributed by atoms with van der Waals surface area (Å²) in [6.45, 7) is 2.87. The van der Waals surface area contributed by atoms with E-state index in [1.54, 1.807) is 0 Å². The van der Waals surface area contributed by atoms with E-state index in [-0.39, 0.29) is 22.2 Å². The second-order valence-electron chi connectivity index (χ2n) is 5.20. The molecule has 0 heterocycles. The number of nitro groups is 1. The summed E-state index contributed by atoms with van der Waals surface area (Å²) in [5.41, 5.74) is 1.18. The minimum Gasteiger partial charge on any atom is -0.494 e. The first-order valence-electron chi connectivity index (χ1n) is 7.39. The van der Waals surface area contributed by atoms with E-state index in [9.17, 15) is 14.9 Å². The maximum atomic E-state index is 12.0. The summed E-state index contributed by atoms with van der Waals surface area (Å²) in [7, 11) is 0. The minimum absolute atomic E-state index is 0.0534. The molecular formula is C17H17ClN2O4. The molecule has 0 saturated carbocycles.